The van der Waals surface area contributed by atoms with Crippen LogP contribution in [-0.4, -0.2) is 23.4 Å². The summed E-state index contributed by atoms with van der Waals surface area (Å²) in [6, 6.07) is 2.84. The molecule has 2 rings (SSSR count). The molecule has 1 heterocycles. The lowest BCUT2D eigenvalue weighted by atomic mass is 10.1. The van der Waals surface area contributed by atoms with Crippen LogP contribution >= 0.6 is 0 Å². The Morgan fingerprint density at radius 1 is 1.26 bits per heavy atom. The van der Waals surface area contributed by atoms with Crippen molar-refractivity contribution in [3.63, 3.8) is 0 Å². The minimum atomic E-state index is -0.443. The molecule has 0 radical (unpaired) electrons. The van der Waals surface area contributed by atoms with Gasteiger partial charge in [-0.1, -0.05) is 0 Å². The van der Waals surface area contributed by atoms with Crippen LogP contribution in [0.1, 0.15) is 13.8 Å². The van der Waals surface area contributed by atoms with E-state index in [0.29, 0.717) is 28.4 Å². The summed E-state index contributed by atoms with van der Waals surface area (Å²) in [5.74, 6) is 0.673. The third kappa shape index (κ3) is 2.62. The maximum absolute atomic E-state index is 14.1. The first-order valence-electron chi connectivity index (χ1n) is 5.86. The van der Waals surface area contributed by atoms with E-state index in [9.17, 15) is 4.39 Å². The molecule has 3 N–H and O–H groups in total. The van der Waals surface area contributed by atoms with E-state index in [1.54, 1.807) is 6.07 Å². The molecule has 0 atom stereocenters. The molecule has 0 aliphatic rings. The number of benzene rings is 1. The van der Waals surface area contributed by atoms with Gasteiger partial charge in [0.25, 0.3) is 0 Å². The number of aromatic amines is 1. The lowest BCUT2D eigenvalue weighted by Crippen LogP contribution is -2.07. The Bertz CT molecular complexity index is 581. The second kappa shape index (κ2) is 5.17. The van der Waals surface area contributed by atoms with Gasteiger partial charge in [-0.2, -0.15) is 5.10 Å². The topological polar surface area (TPSA) is 73.2 Å². The number of hydrogen-bond acceptors (Lipinski definition) is 4. The zero-order chi connectivity index (χ0) is 14.0. The van der Waals surface area contributed by atoms with Gasteiger partial charge in [-0.05, 0) is 19.9 Å². The number of H-pyrrole nitrogens is 1. The first-order valence-corrected chi connectivity index (χ1v) is 5.86. The van der Waals surface area contributed by atoms with E-state index < -0.39 is 5.82 Å². The number of ether oxygens (including phenoxy) is 2. The van der Waals surface area contributed by atoms with Crippen LogP contribution in [0, 0.1) is 5.82 Å². The molecule has 1 aromatic carbocycles. The molecular weight excluding hydrogens is 249 g/mol. The number of nitrogen functional groups attached to an aromatic ring is 1. The van der Waals surface area contributed by atoms with Crippen molar-refractivity contribution in [3.05, 3.63) is 24.1 Å². The lowest BCUT2D eigenvalue weighted by molar-refractivity contribution is 0.229. The van der Waals surface area contributed by atoms with E-state index in [1.165, 1.54) is 19.4 Å². The predicted octanol–water partition coefficient (Wildman–Crippen LogP) is 2.59. The highest BCUT2D eigenvalue weighted by atomic mass is 19.1. The molecule has 0 aliphatic carbocycles. The van der Waals surface area contributed by atoms with Crippen LogP contribution in [0.4, 0.5) is 10.2 Å². The van der Waals surface area contributed by atoms with Crippen LogP contribution in [0.25, 0.3) is 11.1 Å². The van der Waals surface area contributed by atoms with Crippen molar-refractivity contribution in [1.29, 1.82) is 0 Å². The van der Waals surface area contributed by atoms with Crippen molar-refractivity contribution in [2.45, 2.75) is 20.0 Å². The van der Waals surface area contributed by atoms with Gasteiger partial charge in [-0.15, -0.1) is 0 Å². The SMILES string of the molecule is COc1cc(F)c(-c2cn[nH]c2N)cc1OC(C)C. The number of nitrogens with two attached hydrogens (primary N) is 1. The fraction of sp³-hybridized carbons (Fsp3) is 0.308. The number of hydrogen-bond donors (Lipinski definition) is 2. The summed E-state index contributed by atoms with van der Waals surface area (Å²) in [6.07, 6.45) is 1.42. The third-order valence-corrected chi connectivity index (χ3v) is 2.57. The summed E-state index contributed by atoms with van der Waals surface area (Å²) in [5, 5.41) is 6.36. The molecule has 0 saturated carbocycles. The van der Waals surface area contributed by atoms with Crippen LogP contribution in [0.2, 0.25) is 0 Å². The average Bonchev–Trinajstić information content (AvgIpc) is 2.76. The van der Waals surface area contributed by atoms with E-state index in [-0.39, 0.29) is 6.10 Å². The largest absolute Gasteiger partial charge is 0.493 e. The number of halogens is 1. The average molecular weight is 265 g/mol. The standard InChI is InChI=1S/C13H16FN3O2/c1-7(2)19-12-4-8(9-6-16-17-13(9)15)10(14)5-11(12)18-3/h4-7H,1-3H3,(H3,15,16,17). The smallest absolute Gasteiger partial charge is 0.163 e. The number of nitrogens with zero attached hydrogens (tertiary/aromatic N) is 1. The van der Waals surface area contributed by atoms with E-state index in [1.807, 2.05) is 13.8 Å². The van der Waals surface area contributed by atoms with Crippen LogP contribution in [0.3, 0.4) is 0 Å². The number of nitrogens with one attached hydrogen (secondary N) is 1. The maximum atomic E-state index is 14.1. The van der Waals surface area contributed by atoms with Crippen molar-refractivity contribution in [1.82, 2.24) is 10.2 Å². The molecule has 0 amide bonds. The normalized spacial score (nSPS) is 10.8. The molecule has 0 fully saturated rings. The van der Waals surface area contributed by atoms with Crippen LogP contribution < -0.4 is 15.2 Å². The summed E-state index contributed by atoms with van der Waals surface area (Å²) in [5.41, 5.74) is 6.52. The Morgan fingerprint density at radius 2 is 2.00 bits per heavy atom. The Labute approximate surface area is 110 Å². The van der Waals surface area contributed by atoms with Gasteiger partial charge in [0.1, 0.15) is 11.6 Å². The minimum Gasteiger partial charge on any atom is -0.493 e. The Balaban J connectivity index is 2.53. The highest BCUT2D eigenvalue weighted by Gasteiger charge is 2.16. The second-order valence-electron chi connectivity index (χ2n) is 4.35. The molecule has 2 aromatic rings. The summed E-state index contributed by atoms with van der Waals surface area (Å²) >= 11 is 0. The first kappa shape index (κ1) is 13.2. The van der Waals surface area contributed by atoms with Crippen molar-refractivity contribution < 1.29 is 13.9 Å². The van der Waals surface area contributed by atoms with E-state index in [0.717, 1.165) is 0 Å². The molecule has 6 heteroatoms. The van der Waals surface area contributed by atoms with Gasteiger partial charge in [0, 0.05) is 17.2 Å². The van der Waals surface area contributed by atoms with Crippen molar-refractivity contribution in [2.75, 3.05) is 12.8 Å². The summed E-state index contributed by atoms with van der Waals surface area (Å²) < 4.78 is 24.8. The molecular formula is C13H16FN3O2. The molecule has 0 saturated heterocycles. The highest BCUT2D eigenvalue weighted by molar-refractivity contribution is 5.75. The zero-order valence-corrected chi connectivity index (χ0v) is 11.0. The molecule has 0 aliphatic heterocycles. The maximum Gasteiger partial charge on any atom is 0.163 e. The summed E-state index contributed by atoms with van der Waals surface area (Å²) in [6.45, 7) is 3.77. The Hall–Kier alpha value is -2.24. The number of aromatic nitrogens is 2. The Kier molecular flexibility index (Phi) is 3.59. The van der Waals surface area contributed by atoms with Gasteiger partial charge in [-0.3, -0.25) is 5.10 Å². The third-order valence-electron chi connectivity index (χ3n) is 2.57. The van der Waals surface area contributed by atoms with Gasteiger partial charge in [0.15, 0.2) is 11.5 Å². The van der Waals surface area contributed by atoms with Gasteiger partial charge in [0.2, 0.25) is 0 Å². The molecule has 19 heavy (non-hydrogen) atoms. The quantitative estimate of drug-likeness (QED) is 0.891. The molecule has 1 aromatic heterocycles. The van der Waals surface area contributed by atoms with Crippen LogP contribution in [0.15, 0.2) is 18.3 Å². The van der Waals surface area contributed by atoms with Gasteiger partial charge >= 0.3 is 0 Å². The van der Waals surface area contributed by atoms with Gasteiger partial charge in [0.05, 0.1) is 19.4 Å². The molecule has 0 unspecified atom stereocenters. The Morgan fingerprint density at radius 3 is 2.53 bits per heavy atom. The first-order chi connectivity index (χ1) is 9.02. The monoisotopic (exact) mass is 265 g/mol. The van der Waals surface area contributed by atoms with Crippen molar-refractivity contribution in [3.8, 4) is 22.6 Å². The fourth-order valence-electron chi connectivity index (χ4n) is 1.76. The van der Waals surface area contributed by atoms with Crippen molar-refractivity contribution in [2.24, 2.45) is 0 Å². The number of rotatable bonds is 4. The lowest BCUT2D eigenvalue weighted by Gasteiger charge is -2.15. The molecule has 0 bridgehead atoms. The van der Waals surface area contributed by atoms with E-state index >= 15 is 0 Å². The summed E-state index contributed by atoms with van der Waals surface area (Å²) in [7, 11) is 1.47. The summed E-state index contributed by atoms with van der Waals surface area (Å²) in [4.78, 5) is 0. The predicted molar refractivity (Wildman–Crippen MR) is 70.7 cm³/mol. The molecule has 0 spiro atoms. The van der Waals surface area contributed by atoms with Gasteiger partial charge in [-0.25, -0.2) is 4.39 Å². The van der Waals surface area contributed by atoms with Crippen molar-refractivity contribution >= 4 is 5.82 Å². The van der Waals surface area contributed by atoms with E-state index in [2.05, 4.69) is 10.2 Å². The second-order valence-corrected chi connectivity index (χ2v) is 4.35. The number of methoxy groups -OCH3 is 1. The van der Waals surface area contributed by atoms with Crippen LogP contribution in [0.5, 0.6) is 11.5 Å². The highest BCUT2D eigenvalue weighted by Crippen LogP contribution is 2.36. The fourth-order valence-corrected chi connectivity index (χ4v) is 1.76. The van der Waals surface area contributed by atoms with Crippen LogP contribution in [-0.2, 0) is 0 Å². The van der Waals surface area contributed by atoms with E-state index in [4.69, 9.17) is 15.2 Å². The zero-order valence-electron chi connectivity index (χ0n) is 11.0. The molecule has 102 valence electrons. The number of anilines is 1. The van der Waals surface area contributed by atoms with Gasteiger partial charge < -0.3 is 15.2 Å². The molecule has 5 nitrogen and oxygen atoms in total. The minimum absolute atomic E-state index is 0.0473.